The van der Waals surface area contributed by atoms with Gasteiger partial charge in [-0.1, -0.05) is 13.8 Å². The predicted octanol–water partition coefficient (Wildman–Crippen LogP) is 2.70. The topological polar surface area (TPSA) is 39.9 Å². The Morgan fingerprint density at radius 2 is 2.24 bits per heavy atom. The second kappa shape index (κ2) is 4.23. The molecule has 0 unspecified atom stereocenters. The number of ether oxygens (including phenoxy) is 1. The van der Waals surface area contributed by atoms with Crippen molar-refractivity contribution in [1.29, 1.82) is 0 Å². The summed E-state index contributed by atoms with van der Waals surface area (Å²) in [4.78, 5) is 5.63. The number of aromatic nitrogens is 3. The van der Waals surface area contributed by atoms with Crippen molar-refractivity contribution >= 4 is 11.3 Å². The minimum absolute atomic E-state index is 0.418. The van der Waals surface area contributed by atoms with Gasteiger partial charge in [0.15, 0.2) is 0 Å². The molecule has 1 fully saturated rings. The minimum atomic E-state index is 0.418. The van der Waals surface area contributed by atoms with E-state index < -0.39 is 0 Å². The van der Waals surface area contributed by atoms with E-state index in [1.165, 1.54) is 9.88 Å². The van der Waals surface area contributed by atoms with Gasteiger partial charge in [-0.15, -0.1) is 11.3 Å². The maximum Gasteiger partial charge on any atom is 0.0985 e. The minimum Gasteiger partial charge on any atom is -0.377 e. The summed E-state index contributed by atoms with van der Waals surface area (Å²) in [5.41, 5.74) is 1.15. The molecule has 5 heteroatoms. The van der Waals surface area contributed by atoms with Gasteiger partial charge in [0, 0.05) is 23.9 Å². The molecule has 0 aliphatic carbocycles. The van der Waals surface area contributed by atoms with Gasteiger partial charge < -0.3 is 4.74 Å². The van der Waals surface area contributed by atoms with Gasteiger partial charge in [0.1, 0.15) is 0 Å². The smallest absolute Gasteiger partial charge is 0.0985 e. The summed E-state index contributed by atoms with van der Waals surface area (Å²) >= 11 is 1.75. The Morgan fingerprint density at radius 3 is 2.82 bits per heavy atom. The van der Waals surface area contributed by atoms with Crippen LogP contribution in [-0.2, 0) is 4.74 Å². The van der Waals surface area contributed by atoms with Gasteiger partial charge >= 0.3 is 0 Å². The van der Waals surface area contributed by atoms with E-state index in [-0.39, 0.29) is 0 Å². The Morgan fingerprint density at radius 1 is 1.41 bits per heavy atom. The van der Waals surface area contributed by atoms with Crippen LogP contribution in [0.1, 0.15) is 30.8 Å². The number of hydrogen-bond donors (Lipinski definition) is 0. The number of nitrogens with zero attached hydrogens (tertiary/aromatic N) is 3. The molecule has 17 heavy (non-hydrogen) atoms. The van der Waals surface area contributed by atoms with E-state index in [9.17, 15) is 0 Å². The normalized spacial score (nSPS) is 16.4. The lowest BCUT2D eigenvalue weighted by Gasteiger charge is -2.25. The molecule has 0 radical (unpaired) electrons. The summed E-state index contributed by atoms with van der Waals surface area (Å²) in [5.74, 6) is 0.490. The lowest BCUT2D eigenvalue weighted by Crippen LogP contribution is -2.30. The first-order valence-electron chi connectivity index (χ1n) is 5.82. The summed E-state index contributed by atoms with van der Waals surface area (Å²) in [5, 5.41) is 5.56. The quantitative estimate of drug-likeness (QED) is 0.839. The fourth-order valence-electron chi connectivity index (χ4n) is 1.73. The van der Waals surface area contributed by atoms with E-state index in [4.69, 9.17) is 4.74 Å². The van der Waals surface area contributed by atoms with Crippen molar-refractivity contribution in [2.45, 2.75) is 25.8 Å². The van der Waals surface area contributed by atoms with E-state index in [0.29, 0.717) is 12.0 Å². The zero-order chi connectivity index (χ0) is 11.8. The van der Waals surface area contributed by atoms with Crippen LogP contribution in [0.25, 0.3) is 10.4 Å². The average molecular weight is 249 g/mol. The molecule has 3 rings (SSSR count). The van der Waals surface area contributed by atoms with Crippen molar-refractivity contribution in [1.82, 2.24) is 14.8 Å². The van der Waals surface area contributed by atoms with Crippen LogP contribution in [0.5, 0.6) is 0 Å². The summed E-state index contributed by atoms with van der Waals surface area (Å²) in [7, 11) is 0. The lowest BCUT2D eigenvalue weighted by molar-refractivity contribution is -0.0286. The van der Waals surface area contributed by atoms with Crippen molar-refractivity contribution in [3.8, 4) is 10.4 Å². The fourth-order valence-corrected chi connectivity index (χ4v) is 2.62. The number of thiazole rings is 1. The summed E-state index contributed by atoms with van der Waals surface area (Å²) < 4.78 is 7.16. The van der Waals surface area contributed by atoms with Crippen LogP contribution in [0, 0.1) is 0 Å². The first-order valence-corrected chi connectivity index (χ1v) is 6.63. The fraction of sp³-hybridized carbons (Fsp3) is 0.500. The molecule has 90 valence electrons. The molecule has 0 bridgehead atoms. The summed E-state index contributed by atoms with van der Waals surface area (Å²) in [6.07, 6.45) is 5.94. The van der Waals surface area contributed by atoms with E-state index in [1.54, 1.807) is 11.3 Å². The van der Waals surface area contributed by atoms with Crippen LogP contribution in [0.2, 0.25) is 0 Å². The third kappa shape index (κ3) is 2.00. The van der Waals surface area contributed by atoms with Crippen molar-refractivity contribution in [3.63, 3.8) is 0 Å². The maximum absolute atomic E-state index is 5.17. The highest BCUT2D eigenvalue weighted by Gasteiger charge is 2.21. The third-order valence-corrected chi connectivity index (χ3v) is 4.25. The molecule has 0 spiro atoms. The van der Waals surface area contributed by atoms with Gasteiger partial charge in [0.05, 0.1) is 35.3 Å². The SMILES string of the molecule is CC(C)c1ncc(-c2cnn(C3COC3)c2)s1. The first kappa shape index (κ1) is 10.9. The molecule has 0 atom stereocenters. The van der Waals surface area contributed by atoms with Crippen molar-refractivity contribution in [3.05, 3.63) is 23.6 Å². The van der Waals surface area contributed by atoms with Crippen LogP contribution in [0.15, 0.2) is 18.6 Å². The Balaban J connectivity index is 1.84. The molecular formula is C12H15N3OS. The third-order valence-electron chi connectivity index (χ3n) is 2.90. The highest BCUT2D eigenvalue weighted by molar-refractivity contribution is 7.15. The Labute approximate surface area is 104 Å². The van der Waals surface area contributed by atoms with Crippen molar-refractivity contribution in [2.24, 2.45) is 0 Å². The van der Waals surface area contributed by atoms with Gasteiger partial charge in [-0.3, -0.25) is 4.68 Å². The molecule has 0 N–H and O–H groups in total. The highest BCUT2D eigenvalue weighted by atomic mass is 32.1. The van der Waals surface area contributed by atoms with Gasteiger partial charge in [0.25, 0.3) is 0 Å². The van der Waals surface area contributed by atoms with Crippen LogP contribution in [0.3, 0.4) is 0 Å². The van der Waals surface area contributed by atoms with Crippen LogP contribution < -0.4 is 0 Å². The molecule has 1 saturated heterocycles. The molecule has 1 aliphatic heterocycles. The number of rotatable bonds is 3. The van der Waals surface area contributed by atoms with Crippen LogP contribution in [0.4, 0.5) is 0 Å². The van der Waals surface area contributed by atoms with Gasteiger partial charge in [-0.05, 0) is 0 Å². The second-order valence-corrected chi connectivity index (χ2v) is 5.68. The maximum atomic E-state index is 5.17. The molecule has 4 nitrogen and oxygen atoms in total. The Bertz CT molecular complexity index is 513. The van der Waals surface area contributed by atoms with E-state index >= 15 is 0 Å². The molecule has 0 saturated carbocycles. The van der Waals surface area contributed by atoms with E-state index in [1.807, 2.05) is 17.1 Å². The second-order valence-electron chi connectivity index (χ2n) is 4.62. The van der Waals surface area contributed by atoms with E-state index in [0.717, 1.165) is 18.8 Å². The van der Waals surface area contributed by atoms with Crippen molar-refractivity contribution in [2.75, 3.05) is 13.2 Å². The molecule has 1 aliphatic rings. The van der Waals surface area contributed by atoms with Gasteiger partial charge in [0.2, 0.25) is 0 Å². The van der Waals surface area contributed by atoms with Gasteiger partial charge in [-0.2, -0.15) is 5.10 Å². The lowest BCUT2D eigenvalue weighted by atomic mass is 10.2. The zero-order valence-corrected chi connectivity index (χ0v) is 10.8. The number of hydrogen-bond acceptors (Lipinski definition) is 4. The van der Waals surface area contributed by atoms with Crippen LogP contribution >= 0.6 is 11.3 Å². The Hall–Kier alpha value is -1.20. The molecule has 2 aromatic rings. The monoisotopic (exact) mass is 249 g/mol. The first-order chi connectivity index (χ1) is 8.24. The molecule has 0 aromatic carbocycles. The standard InChI is InChI=1S/C12H15N3OS/c1-8(2)12-13-4-11(17-12)9-3-14-15(5-9)10-6-16-7-10/h3-5,8,10H,6-7H2,1-2H3. The summed E-state index contributed by atoms with van der Waals surface area (Å²) in [6.45, 7) is 5.89. The van der Waals surface area contributed by atoms with Crippen molar-refractivity contribution < 1.29 is 4.74 Å². The van der Waals surface area contributed by atoms with Gasteiger partial charge in [-0.25, -0.2) is 4.98 Å². The molecule has 3 heterocycles. The summed E-state index contributed by atoms with van der Waals surface area (Å²) in [6, 6.07) is 0.418. The molecular weight excluding hydrogens is 234 g/mol. The van der Waals surface area contributed by atoms with Crippen LogP contribution in [-0.4, -0.2) is 28.0 Å². The molecule has 0 amide bonds. The predicted molar refractivity (Wildman–Crippen MR) is 67.3 cm³/mol. The Kier molecular flexibility index (Phi) is 2.72. The van der Waals surface area contributed by atoms with E-state index in [2.05, 4.69) is 30.1 Å². The highest BCUT2D eigenvalue weighted by Crippen LogP contribution is 2.30. The zero-order valence-electron chi connectivity index (χ0n) is 9.96. The largest absolute Gasteiger partial charge is 0.377 e. The molecule has 2 aromatic heterocycles. The average Bonchev–Trinajstić information content (AvgIpc) is 2.80.